The number of aromatic nitrogens is 1. The smallest absolute Gasteiger partial charge is 0.259 e. The minimum absolute atomic E-state index is 0.000717. The Morgan fingerprint density at radius 1 is 0.829 bits per heavy atom. The number of nitrogens with one attached hydrogen (secondary N) is 1. The second-order valence-corrected chi connectivity index (χ2v) is 8.87. The Labute approximate surface area is 206 Å². The van der Waals surface area contributed by atoms with E-state index in [9.17, 15) is 14.4 Å². The quantitative estimate of drug-likeness (QED) is 0.547. The minimum Gasteiger partial charge on any atom is -0.355 e. The standard InChI is InChI=1S/C28H32N4O3/c1-29-27(34)24-20-31(14-8-13-22-9-4-2-5-10-22)21-25(26(24)33)28(35)32-17-15-30(16-18-32)19-23-11-6-3-7-12-23/h2-7,9-12,20-21H,8,13-19H2,1H3,(H,29,34). The average Bonchev–Trinajstić information content (AvgIpc) is 2.90. The number of piperazine rings is 1. The number of pyridine rings is 1. The normalized spacial score (nSPS) is 14.0. The lowest BCUT2D eigenvalue weighted by Gasteiger charge is -2.34. The molecule has 0 spiro atoms. The van der Waals surface area contributed by atoms with Gasteiger partial charge < -0.3 is 14.8 Å². The number of hydrogen-bond acceptors (Lipinski definition) is 4. The van der Waals surface area contributed by atoms with E-state index in [1.165, 1.54) is 18.2 Å². The zero-order chi connectivity index (χ0) is 24.6. The highest BCUT2D eigenvalue weighted by Crippen LogP contribution is 2.12. The average molecular weight is 473 g/mol. The summed E-state index contributed by atoms with van der Waals surface area (Å²) >= 11 is 0. The van der Waals surface area contributed by atoms with Crippen molar-refractivity contribution in [1.29, 1.82) is 0 Å². The summed E-state index contributed by atoms with van der Waals surface area (Å²) in [6.45, 7) is 4.00. The number of nitrogens with zero attached hydrogens (tertiary/aromatic N) is 3. The van der Waals surface area contributed by atoms with Crippen LogP contribution in [0.25, 0.3) is 0 Å². The molecule has 4 rings (SSSR count). The molecule has 0 radical (unpaired) electrons. The molecule has 0 saturated carbocycles. The molecule has 7 heteroatoms. The van der Waals surface area contributed by atoms with E-state index in [1.807, 2.05) is 36.4 Å². The van der Waals surface area contributed by atoms with Gasteiger partial charge in [0.2, 0.25) is 5.43 Å². The van der Waals surface area contributed by atoms with E-state index in [0.29, 0.717) is 19.6 Å². The van der Waals surface area contributed by atoms with Crippen molar-refractivity contribution < 1.29 is 9.59 Å². The molecule has 3 aromatic rings. The number of aryl methyl sites for hydroxylation is 2. The van der Waals surface area contributed by atoms with E-state index in [0.717, 1.165) is 32.5 Å². The number of carbonyl (C=O) groups excluding carboxylic acids is 2. The largest absolute Gasteiger partial charge is 0.355 e. The van der Waals surface area contributed by atoms with Gasteiger partial charge in [-0.25, -0.2) is 0 Å². The van der Waals surface area contributed by atoms with Gasteiger partial charge in [-0.05, 0) is 24.0 Å². The van der Waals surface area contributed by atoms with Crippen molar-refractivity contribution in [3.8, 4) is 0 Å². The van der Waals surface area contributed by atoms with Gasteiger partial charge in [0.15, 0.2) is 0 Å². The molecule has 1 fully saturated rings. The van der Waals surface area contributed by atoms with Gasteiger partial charge in [-0.1, -0.05) is 60.7 Å². The first-order valence-electron chi connectivity index (χ1n) is 12.1. The van der Waals surface area contributed by atoms with Gasteiger partial charge in [-0.3, -0.25) is 19.3 Å². The fourth-order valence-corrected chi connectivity index (χ4v) is 4.44. The molecule has 1 aliphatic heterocycles. The highest BCUT2D eigenvalue weighted by molar-refractivity contribution is 5.99. The van der Waals surface area contributed by atoms with Crippen molar-refractivity contribution in [2.75, 3.05) is 33.2 Å². The Morgan fingerprint density at radius 2 is 1.43 bits per heavy atom. The molecule has 7 nitrogen and oxygen atoms in total. The van der Waals surface area contributed by atoms with E-state index < -0.39 is 11.3 Å². The van der Waals surface area contributed by atoms with Gasteiger partial charge in [-0.2, -0.15) is 0 Å². The van der Waals surface area contributed by atoms with Crippen LogP contribution in [0.4, 0.5) is 0 Å². The first kappa shape index (κ1) is 24.4. The zero-order valence-electron chi connectivity index (χ0n) is 20.2. The van der Waals surface area contributed by atoms with Crippen molar-refractivity contribution in [3.05, 3.63) is 106 Å². The van der Waals surface area contributed by atoms with Gasteiger partial charge >= 0.3 is 0 Å². The lowest BCUT2D eigenvalue weighted by Crippen LogP contribution is -2.49. The van der Waals surface area contributed by atoms with Crippen LogP contribution in [0.1, 0.15) is 38.3 Å². The van der Waals surface area contributed by atoms with Crippen molar-refractivity contribution >= 4 is 11.8 Å². The Hall–Kier alpha value is -3.71. The van der Waals surface area contributed by atoms with Gasteiger partial charge in [-0.15, -0.1) is 0 Å². The van der Waals surface area contributed by atoms with Crippen molar-refractivity contribution in [2.45, 2.75) is 25.9 Å². The highest BCUT2D eigenvalue weighted by Gasteiger charge is 2.26. The third-order valence-corrected chi connectivity index (χ3v) is 6.41. The predicted octanol–water partition coefficient (Wildman–Crippen LogP) is 2.80. The molecule has 1 N–H and O–H groups in total. The SMILES string of the molecule is CNC(=O)c1cn(CCCc2ccccc2)cc(C(=O)N2CCN(Cc3ccccc3)CC2)c1=O. The number of amides is 2. The van der Waals surface area contributed by atoms with Gasteiger partial charge in [0, 0.05) is 58.7 Å². The third-order valence-electron chi connectivity index (χ3n) is 6.41. The number of rotatable bonds is 8. The van der Waals surface area contributed by atoms with Crippen LogP contribution < -0.4 is 10.7 Å². The van der Waals surface area contributed by atoms with Crippen LogP contribution in [0.3, 0.4) is 0 Å². The lowest BCUT2D eigenvalue weighted by atomic mass is 10.1. The predicted molar refractivity (Wildman–Crippen MR) is 136 cm³/mol. The van der Waals surface area contributed by atoms with Crippen molar-refractivity contribution in [2.24, 2.45) is 0 Å². The molecule has 2 aromatic carbocycles. The van der Waals surface area contributed by atoms with Crippen LogP contribution in [-0.2, 0) is 19.5 Å². The molecule has 1 saturated heterocycles. The molecule has 1 aromatic heterocycles. The zero-order valence-corrected chi connectivity index (χ0v) is 20.2. The fourth-order valence-electron chi connectivity index (χ4n) is 4.44. The van der Waals surface area contributed by atoms with Crippen LogP contribution in [0.2, 0.25) is 0 Å². The second kappa shape index (κ2) is 11.6. The summed E-state index contributed by atoms with van der Waals surface area (Å²) in [4.78, 5) is 42.9. The van der Waals surface area contributed by atoms with Crippen molar-refractivity contribution in [1.82, 2.24) is 19.7 Å². The maximum atomic E-state index is 13.4. The van der Waals surface area contributed by atoms with Crippen molar-refractivity contribution in [3.63, 3.8) is 0 Å². The molecule has 35 heavy (non-hydrogen) atoms. The van der Waals surface area contributed by atoms with Crippen LogP contribution in [-0.4, -0.2) is 59.4 Å². The van der Waals surface area contributed by atoms with Crippen LogP contribution in [0.15, 0.2) is 77.9 Å². The highest BCUT2D eigenvalue weighted by atomic mass is 16.2. The molecular formula is C28H32N4O3. The molecule has 2 amide bonds. The molecule has 0 bridgehead atoms. The molecule has 0 atom stereocenters. The summed E-state index contributed by atoms with van der Waals surface area (Å²) in [6, 6.07) is 20.4. The van der Waals surface area contributed by atoms with E-state index in [2.05, 4.69) is 34.5 Å². The van der Waals surface area contributed by atoms with Crippen LogP contribution >= 0.6 is 0 Å². The first-order valence-corrected chi connectivity index (χ1v) is 12.1. The van der Waals surface area contributed by atoms with E-state index in [1.54, 1.807) is 21.9 Å². The summed E-state index contributed by atoms with van der Waals surface area (Å²) in [5.41, 5.74) is 2.01. The van der Waals surface area contributed by atoms with E-state index in [-0.39, 0.29) is 17.0 Å². The summed E-state index contributed by atoms with van der Waals surface area (Å²) in [5, 5.41) is 2.52. The second-order valence-electron chi connectivity index (χ2n) is 8.87. The monoisotopic (exact) mass is 472 g/mol. The Balaban J connectivity index is 1.46. The number of hydrogen-bond donors (Lipinski definition) is 1. The molecule has 1 aliphatic rings. The summed E-state index contributed by atoms with van der Waals surface area (Å²) in [5.74, 6) is -0.786. The molecule has 0 aliphatic carbocycles. The third kappa shape index (κ3) is 6.25. The van der Waals surface area contributed by atoms with Crippen LogP contribution in [0, 0.1) is 0 Å². The van der Waals surface area contributed by atoms with Gasteiger partial charge in [0.05, 0.1) is 0 Å². The first-order chi connectivity index (χ1) is 17.0. The number of carbonyl (C=O) groups is 2. The summed E-state index contributed by atoms with van der Waals surface area (Å²) in [7, 11) is 1.49. The maximum absolute atomic E-state index is 13.4. The lowest BCUT2D eigenvalue weighted by molar-refractivity contribution is 0.0626. The fraction of sp³-hybridized carbons (Fsp3) is 0.321. The summed E-state index contributed by atoms with van der Waals surface area (Å²) < 4.78 is 1.80. The Kier molecular flexibility index (Phi) is 8.11. The molecular weight excluding hydrogens is 440 g/mol. The van der Waals surface area contributed by atoms with E-state index in [4.69, 9.17) is 0 Å². The summed E-state index contributed by atoms with van der Waals surface area (Å²) in [6.07, 6.45) is 4.86. The molecule has 2 heterocycles. The molecule has 182 valence electrons. The number of benzene rings is 2. The Morgan fingerprint density at radius 3 is 2.06 bits per heavy atom. The maximum Gasteiger partial charge on any atom is 0.259 e. The minimum atomic E-state index is -0.514. The van der Waals surface area contributed by atoms with E-state index >= 15 is 0 Å². The molecule has 0 unspecified atom stereocenters. The van der Waals surface area contributed by atoms with Crippen LogP contribution in [0.5, 0.6) is 0 Å². The Bertz CT molecular complexity index is 1200. The van der Waals surface area contributed by atoms with Gasteiger partial charge in [0.25, 0.3) is 11.8 Å². The van der Waals surface area contributed by atoms with Gasteiger partial charge in [0.1, 0.15) is 11.1 Å². The topological polar surface area (TPSA) is 74.7 Å².